The van der Waals surface area contributed by atoms with Crippen LogP contribution in [-0.2, 0) is 0 Å². The molecule has 1 amide bonds. The molecule has 5 heteroatoms. The number of amides is 1. The molecular weight excluding hydrogens is 180 g/mol. The van der Waals surface area contributed by atoms with Gasteiger partial charge in [0.1, 0.15) is 6.33 Å². The minimum absolute atomic E-state index is 0.0885. The molecule has 1 aromatic heterocycles. The summed E-state index contributed by atoms with van der Waals surface area (Å²) in [7, 11) is 0. The van der Waals surface area contributed by atoms with Gasteiger partial charge in [0.15, 0.2) is 0 Å². The lowest BCUT2D eigenvalue weighted by atomic mass is 10.1. The van der Waals surface area contributed by atoms with Crippen LogP contribution in [0.3, 0.4) is 0 Å². The lowest BCUT2D eigenvalue weighted by molar-refractivity contribution is 0.235. The van der Waals surface area contributed by atoms with Gasteiger partial charge in [-0.25, -0.2) is 9.78 Å². The lowest BCUT2D eigenvalue weighted by Gasteiger charge is -2.23. The van der Waals surface area contributed by atoms with Crippen molar-refractivity contribution in [1.82, 2.24) is 20.2 Å². The van der Waals surface area contributed by atoms with Crippen molar-refractivity contribution < 1.29 is 4.79 Å². The Morgan fingerprint density at radius 2 is 2.29 bits per heavy atom. The molecule has 5 nitrogen and oxygen atoms in total. The summed E-state index contributed by atoms with van der Waals surface area (Å²) in [5.41, 5.74) is 0. The summed E-state index contributed by atoms with van der Waals surface area (Å²) in [6.45, 7) is 1.96. The van der Waals surface area contributed by atoms with Crippen LogP contribution in [0.25, 0.3) is 0 Å². The molecule has 2 heterocycles. The van der Waals surface area contributed by atoms with E-state index < -0.39 is 0 Å². The molecule has 1 aliphatic rings. The number of hydrogen-bond donors (Lipinski definition) is 2. The van der Waals surface area contributed by atoms with Gasteiger partial charge < -0.3 is 10.6 Å². The summed E-state index contributed by atoms with van der Waals surface area (Å²) in [5.74, 6) is 0. The Labute approximate surface area is 82.5 Å². The second-order valence-corrected chi connectivity index (χ2v) is 3.44. The Balaban J connectivity index is 1.87. The Morgan fingerprint density at radius 1 is 1.50 bits per heavy atom. The number of nitrogens with zero attached hydrogens (tertiary/aromatic N) is 2. The van der Waals surface area contributed by atoms with Crippen LogP contribution in [0.15, 0.2) is 18.7 Å². The van der Waals surface area contributed by atoms with Crippen LogP contribution in [0.5, 0.6) is 0 Å². The molecule has 0 aliphatic carbocycles. The molecule has 1 aromatic rings. The summed E-state index contributed by atoms with van der Waals surface area (Å²) in [5, 5.41) is 6.22. The van der Waals surface area contributed by atoms with Crippen molar-refractivity contribution >= 4 is 6.03 Å². The molecular formula is C9H14N4O. The van der Waals surface area contributed by atoms with E-state index in [-0.39, 0.29) is 6.03 Å². The smallest absolute Gasteiger partial charge is 0.327 e. The predicted molar refractivity (Wildman–Crippen MR) is 52.0 cm³/mol. The van der Waals surface area contributed by atoms with Gasteiger partial charge in [-0.2, -0.15) is 0 Å². The van der Waals surface area contributed by atoms with E-state index in [4.69, 9.17) is 0 Å². The third-order valence-electron chi connectivity index (χ3n) is 2.41. The molecule has 1 aliphatic heterocycles. The van der Waals surface area contributed by atoms with Crippen LogP contribution >= 0.6 is 0 Å². The maximum absolute atomic E-state index is 11.6. The van der Waals surface area contributed by atoms with Crippen LogP contribution in [0.1, 0.15) is 12.8 Å². The average molecular weight is 194 g/mol. The van der Waals surface area contributed by atoms with E-state index in [9.17, 15) is 4.79 Å². The Bertz CT molecular complexity index is 290. The third-order valence-corrected chi connectivity index (χ3v) is 2.41. The molecule has 0 bridgehead atoms. The van der Waals surface area contributed by atoms with E-state index in [1.807, 2.05) is 0 Å². The molecule has 0 saturated carbocycles. The molecule has 0 atom stereocenters. The first-order valence-corrected chi connectivity index (χ1v) is 4.86. The minimum atomic E-state index is -0.0885. The van der Waals surface area contributed by atoms with Crippen LogP contribution < -0.4 is 10.6 Å². The molecule has 14 heavy (non-hydrogen) atoms. The van der Waals surface area contributed by atoms with Crippen molar-refractivity contribution in [3.05, 3.63) is 18.7 Å². The standard InChI is InChI=1S/C9H14N4O/c14-9(13-6-5-11-7-13)12-8-1-3-10-4-2-8/h5-8,10H,1-4H2,(H,12,14). The summed E-state index contributed by atoms with van der Waals surface area (Å²) in [6, 6.07) is 0.209. The topological polar surface area (TPSA) is 59.0 Å². The first-order valence-electron chi connectivity index (χ1n) is 4.86. The largest absolute Gasteiger partial charge is 0.335 e. The highest BCUT2D eigenvalue weighted by molar-refractivity contribution is 5.76. The fourth-order valence-corrected chi connectivity index (χ4v) is 1.59. The van der Waals surface area contributed by atoms with Crippen molar-refractivity contribution in [3.63, 3.8) is 0 Å². The van der Waals surface area contributed by atoms with Gasteiger partial charge in [-0.05, 0) is 25.9 Å². The van der Waals surface area contributed by atoms with Crippen LogP contribution in [0, 0.1) is 0 Å². The zero-order chi connectivity index (χ0) is 9.80. The number of carbonyl (C=O) groups is 1. The fraction of sp³-hybridized carbons (Fsp3) is 0.556. The fourth-order valence-electron chi connectivity index (χ4n) is 1.59. The van der Waals surface area contributed by atoms with Crippen molar-refractivity contribution in [2.45, 2.75) is 18.9 Å². The van der Waals surface area contributed by atoms with Gasteiger partial charge in [0.25, 0.3) is 0 Å². The second kappa shape index (κ2) is 4.23. The van der Waals surface area contributed by atoms with E-state index in [0.717, 1.165) is 25.9 Å². The Morgan fingerprint density at radius 3 is 2.93 bits per heavy atom. The number of imidazole rings is 1. The first-order chi connectivity index (χ1) is 6.86. The van der Waals surface area contributed by atoms with E-state index in [1.54, 1.807) is 12.4 Å². The number of piperidine rings is 1. The molecule has 0 spiro atoms. The molecule has 1 fully saturated rings. The van der Waals surface area contributed by atoms with Gasteiger partial charge in [0, 0.05) is 18.4 Å². The number of rotatable bonds is 1. The monoisotopic (exact) mass is 194 g/mol. The second-order valence-electron chi connectivity index (χ2n) is 3.44. The van der Waals surface area contributed by atoms with Crippen LogP contribution in [-0.4, -0.2) is 34.7 Å². The lowest BCUT2D eigenvalue weighted by Crippen LogP contribution is -2.44. The van der Waals surface area contributed by atoms with Gasteiger partial charge in [-0.3, -0.25) is 4.57 Å². The molecule has 0 aromatic carbocycles. The number of carbonyl (C=O) groups excluding carboxylic acids is 1. The van der Waals surface area contributed by atoms with Crippen LogP contribution in [0.4, 0.5) is 4.79 Å². The maximum Gasteiger partial charge on any atom is 0.327 e. The molecule has 0 radical (unpaired) electrons. The highest BCUT2D eigenvalue weighted by Crippen LogP contribution is 2.02. The Kier molecular flexibility index (Phi) is 2.78. The summed E-state index contributed by atoms with van der Waals surface area (Å²) in [6.07, 6.45) is 6.76. The van der Waals surface area contributed by atoms with Crippen molar-refractivity contribution in [1.29, 1.82) is 0 Å². The van der Waals surface area contributed by atoms with E-state index in [1.165, 1.54) is 10.9 Å². The number of nitrogens with one attached hydrogen (secondary N) is 2. The normalized spacial score (nSPS) is 18.0. The quantitative estimate of drug-likeness (QED) is 0.671. The van der Waals surface area contributed by atoms with Crippen molar-refractivity contribution in [2.75, 3.05) is 13.1 Å². The van der Waals surface area contributed by atoms with Gasteiger partial charge >= 0.3 is 6.03 Å². The van der Waals surface area contributed by atoms with Gasteiger partial charge in [0.2, 0.25) is 0 Å². The maximum atomic E-state index is 11.6. The molecule has 76 valence electrons. The molecule has 2 rings (SSSR count). The Hall–Kier alpha value is -1.36. The van der Waals surface area contributed by atoms with E-state index >= 15 is 0 Å². The SMILES string of the molecule is O=C(NC1CCNCC1)n1ccnc1. The number of aromatic nitrogens is 2. The predicted octanol–water partition coefficient (Wildman–Crippen LogP) is 0.193. The summed E-state index contributed by atoms with van der Waals surface area (Å²) < 4.78 is 1.46. The van der Waals surface area contributed by atoms with E-state index in [2.05, 4.69) is 15.6 Å². The zero-order valence-electron chi connectivity index (χ0n) is 7.94. The highest BCUT2D eigenvalue weighted by Gasteiger charge is 2.15. The zero-order valence-corrected chi connectivity index (χ0v) is 7.94. The summed E-state index contributed by atoms with van der Waals surface area (Å²) >= 11 is 0. The summed E-state index contributed by atoms with van der Waals surface area (Å²) in [4.78, 5) is 15.4. The molecule has 1 saturated heterocycles. The van der Waals surface area contributed by atoms with Gasteiger partial charge in [-0.1, -0.05) is 0 Å². The highest BCUT2D eigenvalue weighted by atomic mass is 16.2. The molecule has 0 unspecified atom stereocenters. The average Bonchev–Trinajstić information content (AvgIpc) is 2.72. The van der Waals surface area contributed by atoms with Gasteiger partial charge in [-0.15, -0.1) is 0 Å². The van der Waals surface area contributed by atoms with Crippen molar-refractivity contribution in [2.24, 2.45) is 0 Å². The molecule has 2 N–H and O–H groups in total. The number of hydrogen-bond acceptors (Lipinski definition) is 3. The van der Waals surface area contributed by atoms with E-state index in [0.29, 0.717) is 6.04 Å². The van der Waals surface area contributed by atoms with Crippen molar-refractivity contribution in [3.8, 4) is 0 Å². The first kappa shape index (κ1) is 9.21. The minimum Gasteiger partial charge on any atom is -0.335 e. The third kappa shape index (κ3) is 2.11. The van der Waals surface area contributed by atoms with Gasteiger partial charge in [0.05, 0.1) is 0 Å². The van der Waals surface area contributed by atoms with Crippen LogP contribution in [0.2, 0.25) is 0 Å².